The average Bonchev–Trinajstić information content (AvgIpc) is 1.89. The molecule has 0 unspecified atom stereocenters. The van der Waals surface area contributed by atoms with Crippen molar-refractivity contribution < 1.29 is 14.3 Å². The smallest absolute Gasteiger partial charge is 0.435 e. The summed E-state index contributed by atoms with van der Waals surface area (Å²) in [5, 5.41) is 0. The fourth-order valence-electron chi connectivity index (χ4n) is 0.368. The van der Waals surface area contributed by atoms with E-state index < -0.39 is 6.16 Å². The molecule has 0 aliphatic rings. The van der Waals surface area contributed by atoms with Crippen LogP contribution >= 0.6 is 11.8 Å². The van der Waals surface area contributed by atoms with Gasteiger partial charge in [0.1, 0.15) is 6.61 Å². The van der Waals surface area contributed by atoms with Gasteiger partial charge in [-0.2, -0.15) is 11.8 Å². The van der Waals surface area contributed by atoms with Gasteiger partial charge in [-0.15, -0.1) is 0 Å². The first kappa shape index (κ1) is 9.62. The Labute approximate surface area is 65.1 Å². The Morgan fingerprint density at radius 2 is 2.20 bits per heavy atom. The minimum absolute atomic E-state index is 0.373. The van der Waals surface area contributed by atoms with Crippen LogP contribution in [0.3, 0.4) is 0 Å². The summed E-state index contributed by atoms with van der Waals surface area (Å²) in [6.45, 7) is 2.55. The molecule has 0 rings (SSSR count). The fraction of sp³-hybridized carbons (Fsp3) is 0.833. The van der Waals surface area contributed by atoms with E-state index >= 15 is 0 Å². The normalized spacial score (nSPS) is 9.00. The van der Waals surface area contributed by atoms with Crippen LogP contribution in [0.5, 0.6) is 0 Å². The van der Waals surface area contributed by atoms with Crippen molar-refractivity contribution in [2.24, 2.45) is 0 Å². The number of carbonyl (C=O) groups excluding carboxylic acids is 1. The number of ether oxygens (including phenoxy) is 2. The zero-order chi connectivity index (χ0) is 7.82. The molecule has 0 N–H and O–H groups in total. The van der Waals surface area contributed by atoms with Gasteiger partial charge in [0.15, 0.2) is 0 Å². The number of hydrogen-bond donors (Lipinski definition) is 0. The zero-order valence-electron chi connectivity index (χ0n) is 6.25. The minimum atomic E-state index is -0.573. The monoisotopic (exact) mass is 164 g/mol. The fourth-order valence-corrected chi connectivity index (χ4v) is 0.618. The largest absolute Gasteiger partial charge is 0.508 e. The maximum Gasteiger partial charge on any atom is 0.508 e. The highest BCUT2D eigenvalue weighted by molar-refractivity contribution is 7.98. The molecular formula is C6H12O3S. The molecule has 0 atom stereocenters. The lowest BCUT2D eigenvalue weighted by atomic mass is 10.8. The Balaban J connectivity index is 3.05. The van der Waals surface area contributed by atoms with Crippen molar-refractivity contribution >= 4 is 17.9 Å². The van der Waals surface area contributed by atoms with E-state index in [9.17, 15) is 4.79 Å². The van der Waals surface area contributed by atoms with Crippen LogP contribution in [-0.4, -0.2) is 31.4 Å². The Bertz CT molecular complexity index is 95.0. The lowest BCUT2D eigenvalue weighted by Gasteiger charge is -2.01. The Hall–Kier alpha value is -0.380. The second kappa shape index (κ2) is 6.74. The van der Waals surface area contributed by atoms with Gasteiger partial charge in [-0.1, -0.05) is 0 Å². The lowest BCUT2D eigenvalue weighted by Crippen LogP contribution is -2.08. The molecule has 0 aromatic carbocycles. The third-order valence-electron chi connectivity index (χ3n) is 0.770. The van der Waals surface area contributed by atoms with Gasteiger partial charge in [0.2, 0.25) is 0 Å². The van der Waals surface area contributed by atoms with Crippen LogP contribution in [0.4, 0.5) is 4.79 Å². The molecular weight excluding hydrogens is 152 g/mol. The number of hydrogen-bond acceptors (Lipinski definition) is 4. The third-order valence-corrected chi connectivity index (χ3v) is 1.34. The van der Waals surface area contributed by atoms with E-state index in [1.165, 1.54) is 0 Å². The average molecular weight is 164 g/mol. The summed E-state index contributed by atoms with van der Waals surface area (Å²) in [5.74, 6) is 0.818. The van der Waals surface area contributed by atoms with Crippen molar-refractivity contribution in [3.05, 3.63) is 0 Å². The number of rotatable bonds is 4. The summed E-state index contributed by atoms with van der Waals surface area (Å²) < 4.78 is 9.16. The van der Waals surface area contributed by atoms with Crippen LogP contribution in [0.15, 0.2) is 0 Å². The molecule has 10 heavy (non-hydrogen) atoms. The van der Waals surface area contributed by atoms with Crippen molar-refractivity contribution in [1.82, 2.24) is 0 Å². The maximum absolute atomic E-state index is 10.5. The van der Waals surface area contributed by atoms with Crippen molar-refractivity contribution in [3.8, 4) is 0 Å². The van der Waals surface area contributed by atoms with Gasteiger partial charge in [-0.05, 0) is 13.2 Å². The molecule has 3 nitrogen and oxygen atoms in total. The third kappa shape index (κ3) is 5.75. The first-order valence-electron chi connectivity index (χ1n) is 3.09. The summed E-state index contributed by atoms with van der Waals surface area (Å²) >= 11 is 1.63. The molecule has 4 heteroatoms. The molecule has 0 aromatic heterocycles. The second-order valence-corrected chi connectivity index (χ2v) is 2.51. The van der Waals surface area contributed by atoms with E-state index in [-0.39, 0.29) is 0 Å². The molecule has 0 aliphatic heterocycles. The molecule has 0 saturated heterocycles. The van der Waals surface area contributed by atoms with Crippen molar-refractivity contribution in [2.75, 3.05) is 25.2 Å². The van der Waals surface area contributed by atoms with E-state index in [1.54, 1.807) is 18.7 Å². The molecule has 0 saturated carbocycles. The molecule has 60 valence electrons. The van der Waals surface area contributed by atoms with Crippen LogP contribution in [0, 0.1) is 0 Å². The van der Waals surface area contributed by atoms with E-state index in [0.29, 0.717) is 13.2 Å². The van der Waals surface area contributed by atoms with Crippen molar-refractivity contribution in [1.29, 1.82) is 0 Å². The summed E-state index contributed by atoms with van der Waals surface area (Å²) in [4.78, 5) is 10.5. The van der Waals surface area contributed by atoms with Crippen LogP contribution in [0.25, 0.3) is 0 Å². The van der Waals surface area contributed by atoms with E-state index in [2.05, 4.69) is 9.47 Å². The van der Waals surface area contributed by atoms with Crippen LogP contribution in [-0.2, 0) is 9.47 Å². The minimum Gasteiger partial charge on any atom is -0.435 e. The predicted octanol–water partition coefficient (Wildman–Crippen LogP) is 1.52. The first-order chi connectivity index (χ1) is 4.81. The Morgan fingerprint density at radius 3 is 2.70 bits per heavy atom. The van der Waals surface area contributed by atoms with Gasteiger partial charge in [0, 0.05) is 5.75 Å². The van der Waals surface area contributed by atoms with Gasteiger partial charge in [0.05, 0.1) is 6.61 Å². The molecule has 0 radical (unpaired) electrons. The summed E-state index contributed by atoms with van der Waals surface area (Å²) in [6.07, 6.45) is 1.38. The highest BCUT2D eigenvalue weighted by atomic mass is 32.2. The van der Waals surface area contributed by atoms with E-state index in [0.717, 1.165) is 5.75 Å². The summed E-state index contributed by atoms with van der Waals surface area (Å²) in [5.41, 5.74) is 0. The van der Waals surface area contributed by atoms with Gasteiger partial charge in [0.25, 0.3) is 0 Å². The van der Waals surface area contributed by atoms with Gasteiger partial charge in [-0.25, -0.2) is 4.79 Å². The first-order valence-corrected chi connectivity index (χ1v) is 4.49. The van der Waals surface area contributed by atoms with Crippen LogP contribution < -0.4 is 0 Å². The van der Waals surface area contributed by atoms with E-state index in [4.69, 9.17) is 0 Å². The number of carbonyl (C=O) groups is 1. The maximum atomic E-state index is 10.5. The van der Waals surface area contributed by atoms with E-state index in [1.807, 2.05) is 6.26 Å². The van der Waals surface area contributed by atoms with Crippen molar-refractivity contribution in [3.63, 3.8) is 0 Å². The quantitative estimate of drug-likeness (QED) is 0.466. The SMILES string of the molecule is CCOC(=O)OCCSC. The molecule has 0 amide bonds. The Morgan fingerprint density at radius 1 is 1.50 bits per heavy atom. The second-order valence-electron chi connectivity index (χ2n) is 1.52. The lowest BCUT2D eigenvalue weighted by molar-refractivity contribution is 0.0638. The standard InChI is InChI=1S/C6H12O3S/c1-3-8-6(7)9-4-5-10-2/h3-5H2,1-2H3. The highest BCUT2D eigenvalue weighted by Crippen LogP contribution is 1.92. The molecule has 0 spiro atoms. The van der Waals surface area contributed by atoms with Crippen LogP contribution in [0.1, 0.15) is 6.92 Å². The highest BCUT2D eigenvalue weighted by Gasteiger charge is 1.98. The molecule has 0 heterocycles. The zero-order valence-corrected chi connectivity index (χ0v) is 7.07. The number of thioether (sulfide) groups is 1. The van der Waals surface area contributed by atoms with Gasteiger partial charge >= 0.3 is 6.16 Å². The predicted molar refractivity (Wildman–Crippen MR) is 41.4 cm³/mol. The van der Waals surface area contributed by atoms with Crippen molar-refractivity contribution in [2.45, 2.75) is 6.92 Å². The summed E-state index contributed by atoms with van der Waals surface area (Å²) in [6, 6.07) is 0. The molecule has 0 aromatic rings. The van der Waals surface area contributed by atoms with Gasteiger partial charge < -0.3 is 9.47 Å². The Kier molecular flexibility index (Phi) is 6.48. The van der Waals surface area contributed by atoms with Crippen LogP contribution in [0.2, 0.25) is 0 Å². The topological polar surface area (TPSA) is 35.5 Å². The molecule has 0 fully saturated rings. The molecule has 0 aliphatic carbocycles. The van der Waals surface area contributed by atoms with Gasteiger partial charge in [-0.3, -0.25) is 0 Å². The summed E-state index contributed by atoms with van der Waals surface area (Å²) in [7, 11) is 0. The molecule has 0 bridgehead atoms.